The van der Waals surface area contributed by atoms with Crippen LogP contribution in [0.25, 0.3) is 0 Å². The summed E-state index contributed by atoms with van der Waals surface area (Å²) >= 11 is 0. The molecule has 0 aliphatic carbocycles. The minimum atomic E-state index is -0.549. The summed E-state index contributed by atoms with van der Waals surface area (Å²) in [6.07, 6.45) is 0.162. The molecule has 0 aromatic heterocycles. The molecule has 1 aromatic carbocycles. The fraction of sp³-hybridized carbons (Fsp3) is 0.611. The van der Waals surface area contributed by atoms with E-state index in [1.807, 2.05) is 26.0 Å². The first-order valence-electron chi connectivity index (χ1n) is 8.54. The van der Waals surface area contributed by atoms with Crippen molar-refractivity contribution in [1.82, 2.24) is 10.6 Å². The fourth-order valence-electron chi connectivity index (χ4n) is 1.93. The zero-order valence-corrected chi connectivity index (χ0v) is 15.3. The van der Waals surface area contributed by atoms with Gasteiger partial charge < -0.3 is 30.0 Å². The number of aliphatic hydroxyl groups is 1. The fourth-order valence-corrected chi connectivity index (χ4v) is 1.93. The Hall–Kier alpha value is -1.83. The van der Waals surface area contributed by atoms with Crippen molar-refractivity contribution in [2.45, 2.75) is 32.4 Å². The van der Waals surface area contributed by atoms with Gasteiger partial charge in [0, 0.05) is 26.2 Å². The van der Waals surface area contributed by atoms with Crippen LogP contribution in [-0.2, 0) is 9.53 Å². The van der Waals surface area contributed by atoms with Crippen molar-refractivity contribution >= 4 is 5.91 Å². The highest BCUT2D eigenvalue weighted by atomic mass is 16.5. The van der Waals surface area contributed by atoms with E-state index in [0.29, 0.717) is 37.9 Å². The number of rotatable bonds is 13. The maximum absolute atomic E-state index is 11.2. The molecule has 142 valence electrons. The number of benzene rings is 1. The maximum atomic E-state index is 11.2. The van der Waals surface area contributed by atoms with E-state index in [4.69, 9.17) is 14.2 Å². The summed E-state index contributed by atoms with van der Waals surface area (Å²) in [6, 6.07) is 7.57. The Morgan fingerprint density at radius 1 is 1.16 bits per heavy atom. The van der Waals surface area contributed by atoms with Gasteiger partial charge in [0.25, 0.3) is 0 Å². The van der Waals surface area contributed by atoms with Crippen LogP contribution in [0.15, 0.2) is 24.3 Å². The second-order valence-corrected chi connectivity index (χ2v) is 5.98. The molecule has 25 heavy (non-hydrogen) atoms. The Morgan fingerprint density at radius 3 is 2.40 bits per heavy atom. The predicted molar refractivity (Wildman–Crippen MR) is 96.1 cm³/mol. The molecule has 1 rings (SSSR count). The quantitative estimate of drug-likeness (QED) is 0.457. The molecule has 1 aromatic rings. The number of hydrogen-bond acceptors (Lipinski definition) is 6. The van der Waals surface area contributed by atoms with Crippen molar-refractivity contribution < 1.29 is 24.1 Å². The first-order valence-corrected chi connectivity index (χ1v) is 8.54. The largest absolute Gasteiger partial charge is 0.494 e. The van der Waals surface area contributed by atoms with Gasteiger partial charge in [-0.3, -0.25) is 4.79 Å². The molecule has 0 heterocycles. The molecule has 0 spiro atoms. The summed E-state index contributed by atoms with van der Waals surface area (Å²) in [5, 5.41) is 15.7. The van der Waals surface area contributed by atoms with Gasteiger partial charge >= 0.3 is 0 Å². The van der Waals surface area contributed by atoms with Crippen LogP contribution in [0.3, 0.4) is 0 Å². The van der Waals surface area contributed by atoms with Gasteiger partial charge in [0.05, 0.1) is 6.61 Å². The number of amides is 1. The van der Waals surface area contributed by atoms with E-state index in [1.54, 1.807) is 12.1 Å². The van der Waals surface area contributed by atoms with E-state index < -0.39 is 6.10 Å². The molecule has 0 saturated heterocycles. The predicted octanol–water partition coefficient (Wildman–Crippen LogP) is 0.956. The maximum Gasteiger partial charge on any atom is 0.245 e. The van der Waals surface area contributed by atoms with E-state index in [0.717, 1.165) is 5.75 Å². The molecule has 0 fully saturated rings. The van der Waals surface area contributed by atoms with Crippen LogP contribution in [0.5, 0.6) is 11.5 Å². The molecule has 7 heteroatoms. The molecule has 0 saturated carbocycles. The van der Waals surface area contributed by atoms with Gasteiger partial charge in [0.2, 0.25) is 5.91 Å². The van der Waals surface area contributed by atoms with Crippen molar-refractivity contribution in [2.24, 2.45) is 0 Å². The molecule has 1 atom stereocenters. The lowest BCUT2D eigenvalue weighted by molar-refractivity contribution is -0.124. The minimum Gasteiger partial charge on any atom is -0.494 e. The summed E-state index contributed by atoms with van der Waals surface area (Å²) < 4.78 is 15.9. The standard InChI is InChI=1S/C18H30N2O5/c1-14(2)20-11-15(21)12-25-17-7-5-16(6-8-17)24-10-4-9-19-18(22)13-23-3/h5-8,14-15,20-21H,4,9-13H2,1-3H3,(H,19,22)/t15-/m0/s1. The molecule has 0 radical (unpaired) electrons. The smallest absolute Gasteiger partial charge is 0.245 e. The Labute approximate surface area is 149 Å². The van der Waals surface area contributed by atoms with Crippen LogP contribution >= 0.6 is 0 Å². The summed E-state index contributed by atoms with van der Waals surface area (Å²) in [5.74, 6) is 1.29. The molecule has 0 bridgehead atoms. The summed E-state index contributed by atoms with van der Waals surface area (Å²) in [4.78, 5) is 11.2. The third-order valence-corrected chi connectivity index (χ3v) is 3.22. The first kappa shape index (κ1) is 21.2. The monoisotopic (exact) mass is 354 g/mol. The third-order valence-electron chi connectivity index (χ3n) is 3.22. The lowest BCUT2D eigenvalue weighted by atomic mass is 10.3. The summed E-state index contributed by atoms with van der Waals surface area (Å²) in [6.45, 7) is 5.92. The Morgan fingerprint density at radius 2 is 1.80 bits per heavy atom. The number of aliphatic hydroxyl groups excluding tert-OH is 1. The number of carbonyl (C=O) groups is 1. The van der Waals surface area contributed by atoms with E-state index in [1.165, 1.54) is 7.11 Å². The molecular formula is C18H30N2O5. The molecule has 1 amide bonds. The zero-order valence-electron chi connectivity index (χ0n) is 15.3. The van der Waals surface area contributed by atoms with Crippen molar-refractivity contribution in [2.75, 3.05) is 40.0 Å². The Kier molecular flexibility index (Phi) is 10.6. The van der Waals surface area contributed by atoms with Crippen LogP contribution in [0.2, 0.25) is 0 Å². The Balaban J connectivity index is 2.17. The average molecular weight is 354 g/mol. The van der Waals surface area contributed by atoms with Crippen molar-refractivity contribution in [3.05, 3.63) is 24.3 Å². The van der Waals surface area contributed by atoms with Gasteiger partial charge in [0.15, 0.2) is 0 Å². The van der Waals surface area contributed by atoms with E-state index in [-0.39, 0.29) is 19.1 Å². The molecular weight excluding hydrogens is 324 g/mol. The SMILES string of the molecule is COCC(=O)NCCCOc1ccc(OC[C@@H](O)CNC(C)C)cc1. The topological polar surface area (TPSA) is 89.1 Å². The number of carbonyl (C=O) groups excluding carboxylic acids is 1. The van der Waals surface area contributed by atoms with Gasteiger partial charge in [-0.05, 0) is 30.7 Å². The van der Waals surface area contributed by atoms with Crippen molar-refractivity contribution in [1.29, 1.82) is 0 Å². The van der Waals surface area contributed by atoms with Gasteiger partial charge in [-0.15, -0.1) is 0 Å². The second kappa shape index (κ2) is 12.5. The highest BCUT2D eigenvalue weighted by molar-refractivity contribution is 5.77. The lowest BCUT2D eigenvalue weighted by Gasteiger charge is -2.15. The molecule has 0 unspecified atom stereocenters. The minimum absolute atomic E-state index is 0.0740. The van der Waals surface area contributed by atoms with Crippen LogP contribution in [0.1, 0.15) is 20.3 Å². The molecule has 0 aliphatic rings. The van der Waals surface area contributed by atoms with Gasteiger partial charge in [0.1, 0.15) is 30.8 Å². The van der Waals surface area contributed by atoms with Gasteiger partial charge in [-0.2, -0.15) is 0 Å². The lowest BCUT2D eigenvalue weighted by Crippen LogP contribution is -2.35. The Bertz CT molecular complexity index is 479. The summed E-state index contributed by atoms with van der Waals surface area (Å²) in [7, 11) is 1.49. The van der Waals surface area contributed by atoms with Crippen molar-refractivity contribution in [3.63, 3.8) is 0 Å². The van der Waals surface area contributed by atoms with Gasteiger partial charge in [-0.1, -0.05) is 13.8 Å². The number of hydrogen-bond donors (Lipinski definition) is 3. The van der Waals surface area contributed by atoms with Crippen LogP contribution < -0.4 is 20.1 Å². The van der Waals surface area contributed by atoms with E-state index >= 15 is 0 Å². The highest BCUT2D eigenvalue weighted by Gasteiger charge is 2.06. The third kappa shape index (κ3) is 10.6. The van der Waals surface area contributed by atoms with Crippen LogP contribution in [0.4, 0.5) is 0 Å². The van der Waals surface area contributed by atoms with Crippen LogP contribution in [0, 0.1) is 0 Å². The molecule has 3 N–H and O–H groups in total. The van der Waals surface area contributed by atoms with E-state index in [9.17, 15) is 9.90 Å². The average Bonchev–Trinajstić information content (AvgIpc) is 2.59. The number of nitrogens with one attached hydrogen (secondary N) is 2. The van der Waals surface area contributed by atoms with Gasteiger partial charge in [-0.25, -0.2) is 0 Å². The highest BCUT2D eigenvalue weighted by Crippen LogP contribution is 2.17. The zero-order chi connectivity index (χ0) is 18.5. The molecule has 7 nitrogen and oxygen atoms in total. The van der Waals surface area contributed by atoms with E-state index in [2.05, 4.69) is 10.6 Å². The second-order valence-electron chi connectivity index (χ2n) is 5.98. The number of ether oxygens (including phenoxy) is 3. The van der Waals surface area contributed by atoms with Crippen molar-refractivity contribution in [3.8, 4) is 11.5 Å². The normalized spacial score (nSPS) is 12.0. The first-order chi connectivity index (χ1) is 12.0. The molecule has 0 aliphatic heterocycles. The van der Waals surface area contributed by atoms with Crippen LogP contribution in [-0.4, -0.2) is 63.2 Å². The summed E-state index contributed by atoms with van der Waals surface area (Å²) in [5.41, 5.74) is 0. The number of methoxy groups -OCH3 is 1.